The van der Waals surface area contributed by atoms with Gasteiger partial charge in [-0.1, -0.05) is 35.3 Å². The summed E-state index contributed by atoms with van der Waals surface area (Å²) in [4.78, 5) is 40.3. The Morgan fingerprint density at radius 3 is 2.58 bits per heavy atom. The molecule has 1 atom stereocenters. The fourth-order valence-corrected chi connectivity index (χ4v) is 4.59. The third-order valence-corrected chi connectivity index (χ3v) is 5.99. The molecular formula is C22H21ClN4O4. The summed E-state index contributed by atoms with van der Waals surface area (Å²) in [6, 6.07) is 11.6. The zero-order chi connectivity index (χ0) is 21.2. The minimum absolute atomic E-state index is 0. The van der Waals surface area contributed by atoms with E-state index >= 15 is 0 Å². The van der Waals surface area contributed by atoms with Gasteiger partial charge in [0, 0.05) is 5.39 Å². The van der Waals surface area contributed by atoms with Crippen LogP contribution in [-0.2, 0) is 11.5 Å². The van der Waals surface area contributed by atoms with Gasteiger partial charge in [-0.15, -0.1) is 12.4 Å². The van der Waals surface area contributed by atoms with Crippen molar-refractivity contribution in [2.45, 2.75) is 13.1 Å². The number of aromatic nitrogens is 1. The lowest BCUT2D eigenvalue weighted by Crippen LogP contribution is -2.39. The number of hydrazine groups is 1. The van der Waals surface area contributed by atoms with Crippen molar-refractivity contribution >= 4 is 51.2 Å². The summed E-state index contributed by atoms with van der Waals surface area (Å²) < 4.78 is 1.73. The minimum atomic E-state index is -0.837. The van der Waals surface area contributed by atoms with Crippen LogP contribution < -0.4 is 0 Å². The van der Waals surface area contributed by atoms with Crippen molar-refractivity contribution in [1.29, 1.82) is 0 Å². The molecule has 3 aromatic rings. The van der Waals surface area contributed by atoms with Crippen molar-refractivity contribution in [3.05, 3.63) is 64.0 Å². The van der Waals surface area contributed by atoms with Gasteiger partial charge in [-0.3, -0.25) is 9.59 Å². The number of halogens is 1. The number of carbonyl (C=O) groups excluding carboxylic acids is 2. The number of rotatable bonds is 4. The normalized spacial score (nSPS) is 17.7. The molecule has 0 N–H and O–H groups in total. The Morgan fingerprint density at radius 1 is 1.13 bits per heavy atom. The zero-order valence-corrected chi connectivity index (χ0v) is 17.9. The Bertz CT molecular complexity index is 1290. The molecule has 160 valence electrons. The third kappa shape index (κ3) is 3.02. The number of allylic oxidation sites excluding steroid dienone is 1. The van der Waals surface area contributed by atoms with Crippen LogP contribution in [0, 0.1) is 16.0 Å². The Kier molecular flexibility index (Phi) is 5.07. The highest BCUT2D eigenvalue weighted by atomic mass is 35.5. The number of hydrogen-bond donors (Lipinski definition) is 0. The highest BCUT2D eigenvalue weighted by Gasteiger charge is 2.44. The smallest absolute Gasteiger partial charge is 0.177 e. The van der Waals surface area contributed by atoms with Crippen LogP contribution in [0.5, 0.6) is 0 Å². The maximum absolute atomic E-state index is 13.6. The molecule has 0 saturated carbocycles. The molecule has 5 rings (SSSR count). The molecule has 1 aliphatic carbocycles. The van der Waals surface area contributed by atoms with Crippen molar-refractivity contribution in [1.82, 2.24) is 14.5 Å². The number of Topliss-reactive ketones (excluding diaryl/α,β-unsaturated/α-hetero) is 2. The fourth-order valence-electron chi connectivity index (χ4n) is 4.59. The molecule has 0 spiro atoms. The number of carbonyl (C=O) groups is 2. The summed E-state index contributed by atoms with van der Waals surface area (Å²) in [5.41, 5.74) is 2.00. The first kappa shape index (κ1) is 21.0. The highest BCUT2D eigenvalue weighted by molar-refractivity contribution is 6.38. The molecule has 2 aromatic carbocycles. The van der Waals surface area contributed by atoms with Gasteiger partial charge in [-0.05, 0) is 43.9 Å². The van der Waals surface area contributed by atoms with Crippen LogP contribution in [0.25, 0.3) is 27.2 Å². The summed E-state index contributed by atoms with van der Waals surface area (Å²) in [6.07, 6.45) is 1.66. The van der Waals surface area contributed by atoms with E-state index in [1.807, 2.05) is 55.4 Å². The standard InChI is InChI=1S/C22H20N4O4.ClH/c1-23(2)10-9-15-21(27)16-11-24(26(29)30)12-25-17-8-7-13-5-3-4-6-14(13)18(17)19(20(16)25)22(15)28;/h3-8,11,15H,9-10,12H2,1-2H3;1H. The van der Waals surface area contributed by atoms with Crippen molar-refractivity contribution in [3.8, 4) is 0 Å². The Labute approximate surface area is 184 Å². The molecule has 0 bridgehead atoms. The average molecular weight is 441 g/mol. The topological polar surface area (TPSA) is 88.7 Å². The second kappa shape index (κ2) is 7.47. The number of benzene rings is 2. The summed E-state index contributed by atoms with van der Waals surface area (Å²) in [6.45, 7) is 0.521. The van der Waals surface area contributed by atoms with E-state index in [-0.39, 0.29) is 36.2 Å². The summed E-state index contributed by atoms with van der Waals surface area (Å²) in [7, 11) is 3.77. The number of hydrogen-bond acceptors (Lipinski definition) is 5. The van der Waals surface area contributed by atoms with Crippen LogP contribution in [0.1, 0.15) is 22.5 Å². The molecule has 1 aliphatic heterocycles. The minimum Gasteiger partial charge on any atom is -0.315 e. The number of ketones is 2. The first-order valence-electron chi connectivity index (χ1n) is 9.78. The van der Waals surface area contributed by atoms with Gasteiger partial charge in [0.1, 0.15) is 0 Å². The number of nitro groups is 1. The predicted octanol–water partition coefficient (Wildman–Crippen LogP) is 3.36. The van der Waals surface area contributed by atoms with E-state index in [4.69, 9.17) is 0 Å². The van der Waals surface area contributed by atoms with Gasteiger partial charge in [-0.2, -0.15) is 0 Å². The lowest BCUT2D eigenvalue weighted by Gasteiger charge is -2.28. The Morgan fingerprint density at radius 2 is 1.87 bits per heavy atom. The van der Waals surface area contributed by atoms with Crippen LogP contribution in [0.15, 0.2) is 42.6 Å². The van der Waals surface area contributed by atoms with Gasteiger partial charge in [0.2, 0.25) is 0 Å². The summed E-state index contributed by atoms with van der Waals surface area (Å²) in [5, 5.41) is 14.6. The van der Waals surface area contributed by atoms with E-state index in [0.29, 0.717) is 24.2 Å². The molecular weight excluding hydrogens is 420 g/mol. The van der Waals surface area contributed by atoms with E-state index in [9.17, 15) is 19.7 Å². The third-order valence-electron chi connectivity index (χ3n) is 5.99. The second-order valence-electron chi connectivity index (χ2n) is 8.07. The first-order valence-corrected chi connectivity index (χ1v) is 9.78. The van der Waals surface area contributed by atoms with Crippen molar-refractivity contribution in [2.75, 3.05) is 20.6 Å². The first-order chi connectivity index (χ1) is 14.4. The van der Waals surface area contributed by atoms with E-state index in [1.54, 1.807) is 4.57 Å². The molecule has 1 aromatic heterocycles. The lowest BCUT2D eigenvalue weighted by atomic mass is 9.78. The molecule has 1 unspecified atom stereocenters. The van der Waals surface area contributed by atoms with E-state index in [1.165, 1.54) is 6.20 Å². The fraction of sp³-hybridized carbons (Fsp3) is 0.273. The van der Waals surface area contributed by atoms with Gasteiger partial charge >= 0.3 is 0 Å². The van der Waals surface area contributed by atoms with Gasteiger partial charge in [0.15, 0.2) is 23.3 Å². The molecule has 9 heteroatoms. The maximum atomic E-state index is 13.6. The van der Waals surface area contributed by atoms with Crippen molar-refractivity contribution in [3.63, 3.8) is 0 Å². The van der Waals surface area contributed by atoms with Crippen LogP contribution in [0.4, 0.5) is 0 Å². The number of nitrogens with zero attached hydrogens (tertiary/aromatic N) is 4. The Hall–Kier alpha value is -3.23. The Balaban J connectivity index is 0.00000231. The van der Waals surface area contributed by atoms with Crippen LogP contribution in [0.3, 0.4) is 0 Å². The van der Waals surface area contributed by atoms with Crippen LogP contribution in [-0.4, -0.2) is 51.7 Å². The summed E-state index contributed by atoms with van der Waals surface area (Å²) in [5.74, 6) is -1.37. The maximum Gasteiger partial charge on any atom is 0.177 e. The van der Waals surface area contributed by atoms with Gasteiger partial charge < -0.3 is 9.47 Å². The quantitative estimate of drug-likeness (QED) is 0.351. The van der Waals surface area contributed by atoms with Gasteiger partial charge in [0.05, 0.1) is 34.5 Å². The van der Waals surface area contributed by atoms with Gasteiger partial charge in [0.25, 0.3) is 0 Å². The van der Waals surface area contributed by atoms with Crippen molar-refractivity contribution < 1.29 is 14.6 Å². The predicted molar refractivity (Wildman–Crippen MR) is 120 cm³/mol. The molecule has 2 heterocycles. The van der Waals surface area contributed by atoms with E-state index in [2.05, 4.69) is 0 Å². The largest absolute Gasteiger partial charge is 0.315 e. The van der Waals surface area contributed by atoms with Crippen molar-refractivity contribution in [2.24, 2.45) is 5.92 Å². The molecule has 0 fully saturated rings. The zero-order valence-electron chi connectivity index (χ0n) is 17.1. The molecule has 8 nitrogen and oxygen atoms in total. The second-order valence-corrected chi connectivity index (χ2v) is 8.07. The van der Waals surface area contributed by atoms with E-state index in [0.717, 1.165) is 26.7 Å². The van der Waals surface area contributed by atoms with Crippen LogP contribution >= 0.6 is 12.4 Å². The molecule has 0 radical (unpaired) electrons. The molecule has 0 saturated heterocycles. The summed E-state index contributed by atoms with van der Waals surface area (Å²) >= 11 is 0. The average Bonchev–Trinajstić information content (AvgIpc) is 3.07. The monoisotopic (exact) mass is 440 g/mol. The highest BCUT2D eigenvalue weighted by Crippen LogP contribution is 2.43. The van der Waals surface area contributed by atoms with Gasteiger partial charge in [-0.25, -0.2) is 10.1 Å². The SMILES string of the molecule is CN(C)CCC1C(=O)C2=CN([N+](=O)[O-])Cn3c2c(c2c4ccccc4ccc23)C1=O.Cl. The van der Waals surface area contributed by atoms with E-state index < -0.39 is 11.0 Å². The molecule has 31 heavy (non-hydrogen) atoms. The molecule has 0 amide bonds. The van der Waals surface area contributed by atoms with Crippen LogP contribution in [0.2, 0.25) is 0 Å². The lowest BCUT2D eigenvalue weighted by molar-refractivity contribution is -0.647. The molecule has 2 aliphatic rings. The number of fused-ring (bicyclic) bond motifs is 5.